The first-order chi connectivity index (χ1) is 11.6. The smallest absolute Gasteiger partial charge is 0.160 e. The molecule has 4 nitrogen and oxygen atoms in total. The van der Waals surface area contributed by atoms with Crippen LogP contribution in [0.25, 0.3) is 0 Å². The molecule has 0 spiro atoms. The first kappa shape index (κ1) is 17.8. The molecule has 0 amide bonds. The molecule has 2 atom stereocenters. The van der Waals surface area contributed by atoms with Crippen molar-refractivity contribution < 1.29 is 9.47 Å². The fourth-order valence-electron chi connectivity index (χ4n) is 2.68. The van der Waals surface area contributed by atoms with Crippen LogP contribution in [-0.4, -0.2) is 14.2 Å². The molecule has 24 heavy (non-hydrogen) atoms. The molecule has 2 aromatic rings. The van der Waals surface area contributed by atoms with E-state index in [1.165, 1.54) is 0 Å². The molecule has 2 aromatic carbocycles. The highest BCUT2D eigenvalue weighted by atomic mass is 79.9. The van der Waals surface area contributed by atoms with E-state index in [0.717, 1.165) is 15.6 Å². The van der Waals surface area contributed by atoms with Crippen LogP contribution in [0, 0.1) is 22.7 Å². The third-order valence-corrected chi connectivity index (χ3v) is 4.45. The van der Waals surface area contributed by atoms with Crippen LogP contribution in [0.15, 0.2) is 46.9 Å². The van der Waals surface area contributed by atoms with Crippen molar-refractivity contribution in [1.29, 1.82) is 10.5 Å². The Balaban J connectivity index is 2.46. The summed E-state index contributed by atoms with van der Waals surface area (Å²) in [7, 11) is 3.14. The molecule has 0 radical (unpaired) electrons. The molecule has 0 aliphatic carbocycles. The molecular formula is C19H17BrN2O2. The summed E-state index contributed by atoms with van der Waals surface area (Å²) >= 11 is 3.40. The number of nitriles is 2. The Morgan fingerprint density at radius 1 is 0.958 bits per heavy atom. The number of methoxy groups -OCH3 is 2. The third-order valence-electron chi connectivity index (χ3n) is 3.92. The number of halogens is 1. The Labute approximate surface area is 150 Å². The SMILES string of the molecule is COc1ccc([C@H](CC#N)[C@@H](C#N)c2ccc(Br)cc2)cc1OC. The molecule has 2 rings (SSSR count). The van der Waals surface area contributed by atoms with Crippen LogP contribution in [0.5, 0.6) is 11.5 Å². The molecule has 0 bridgehead atoms. The lowest BCUT2D eigenvalue weighted by Gasteiger charge is -2.21. The van der Waals surface area contributed by atoms with Gasteiger partial charge in [0.25, 0.3) is 0 Å². The summed E-state index contributed by atoms with van der Waals surface area (Å²) in [5.41, 5.74) is 1.76. The predicted octanol–water partition coefficient (Wildman–Crippen LogP) is 4.77. The lowest BCUT2D eigenvalue weighted by Crippen LogP contribution is -2.10. The highest BCUT2D eigenvalue weighted by Crippen LogP contribution is 2.39. The summed E-state index contributed by atoms with van der Waals surface area (Å²) in [6.45, 7) is 0. The van der Waals surface area contributed by atoms with Gasteiger partial charge in [0.05, 0.1) is 32.3 Å². The number of rotatable bonds is 6. The van der Waals surface area contributed by atoms with Gasteiger partial charge in [0.2, 0.25) is 0 Å². The zero-order chi connectivity index (χ0) is 17.5. The van der Waals surface area contributed by atoms with E-state index in [2.05, 4.69) is 28.1 Å². The Morgan fingerprint density at radius 2 is 1.58 bits per heavy atom. The molecule has 0 saturated heterocycles. The summed E-state index contributed by atoms with van der Waals surface area (Å²) in [4.78, 5) is 0. The van der Waals surface area contributed by atoms with Gasteiger partial charge in [0.15, 0.2) is 11.5 Å². The van der Waals surface area contributed by atoms with Crippen molar-refractivity contribution in [2.24, 2.45) is 0 Å². The second-order valence-electron chi connectivity index (χ2n) is 5.24. The van der Waals surface area contributed by atoms with E-state index >= 15 is 0 Å². The van der Waals surface area contributed by atoms with Gasteiger partial charge in [-0.1, -0.05) is 34.1 Å². The van der Waals surface area contributed by atoms with E-state index in [-0.39, 0.29) is 12.3 Å². The third kappa shape index (κ3) is 3.88. The Bertz CT molecular complexity index is 775. The minimum absolute atomic E-state index is 0.240. The predicted molar refractivity (Wildman–Crippen MR) is 95.0 cm³/mol. The molecule has 0 aliphatic heterocycles. The number of nitrogens with zero attached hydrogens (tertiary/aromatic N) is 2. The molecular weight excluding hydrogens is 368 g/mol. The average Bonchev–Trinajstić information content (AvgIpc) is 2.62. The van der Waals surface area contributed by atoms with Crippen molar-refractivity contribution in [2.75, 3.05) is 14.2 Å². The van der Waals surface area contributed by atoms with Crippen molar-refractivity contribution in [2.45, 2.75) is 18.3 Å². The van der Waals surface area contributed by atoms with Gasteiger partial charge in [0.1, 0.15) is 0 Å². The van der Waals surface area contributed by atoms with E-state index in [9.17, 15) is 10.5 Å². The molecule has 0 aromatic heterocycles. The fraction of sp³-hybridized carbons (Fsp3) is 0.263. The maximum Gasteiger partial charge on any atom is 0.160 e. The summed E-state index contributed by atoms with van der Waals surface area (Å²) in [6, 6.07) is 17.7. The van der Waals surface area contributed by atoms with Crippen molar-refractivity contribution in [3.8, 4) is 23.6 Å². The molecule has 0 saturated carbocycles. The summed E-state index contributed by atoms with van der Waals surface area (Å²) < 4.78 is 11.5. The van der Waals surface area contributed by atoms with Gasteiger partial charge in [-0.2, -0.15) is 10.5 Å². The molecule has 122 valence electrons. The highest BCUT2D eigenvalue weighted by molar-refractivity contribution is 9.10. The van der Waals surface area contributed by atoms with Crippen molar-refractivity contribution in [3.63, 3.8) is 0 Å². The quantitative estimate of drug-likeness (QED) is 0.718. The lowest BCUT2D eigenvalue weighted by atomic mass is 9.80. The van der Waals surface area contributed by atoms with E-state index in [1.54, 1.807) is 20.3 Å². The molecule has 5 heteroatoms. The van der Waals surface area contributed by atoms with Crippen LogP contribution >= 0.6 is 15.9 Å². The largest absolute Gasteiger partial charge is 0.493 e. The van der Waals surface area contributed by atoms with Gasteiger partial charge in [0, 0.05) is 16.8 Å². The van der Waals surface area contributed by atoms with Crippen LogP contribution in [-0.2, 0) is 0 Å². The van der Waals surface area contributed by atoms with Crippen LogP contribution in [0.4, 0.5) is 0 Å². The molecule has 0 N–H and O–H groups in total. The Hall–Kier alpha value is -2.50. The highest BCUT2D eigenvalue weighted by Gasteiger charge is 2.26. The molecule has 0 unspecified atom stereocenters. The van der Waals surface area contributed by atoms with Crippen LogP contribution in [0.3, 0.4) is 0 Å². The lowest BCUT2D eigenvalue weighted by molar-refractivity contribution is 0.354. The summed E-state index contributed by atoms with van der Waals surface area (Å²) in [5.74, 6) is 0.538. The van der Waals surface area contributed by atoms with Gasteiger partial charge in [-0.25, -0.2) is 0 Å². The summed E-state index contributed by atoms with van der Waals surface area (Å²) in [6.07, 6.45) is 0.240. The molecule has 0 heterocycles. The maximum absolute atomic E-state index is 9.71. The minimum atomic E-state index is -0.421. The molecule has 0 aliphatic rings. The minimum Gasteiger partial charge on any atom is -0.493 e. The Kier molecular flexibility index (Phi) is 6.23. The standard InChI is InChI=1S/C19H17BrN2O2/c1-23-18-8-5-14(11-19(18)24-2)16(9-10-21)17(12-22)13-3-6-15(20)7-4-13/h3-8,11,16-17H,9H2,1-2H3/t16-,17-/m0/s1. The number of benzene rings is 2. The van der Waals surface area contributed by atoms with Gasteiger partial charge in [-0.15, -0.1) is 0 Å². The normalized spacial score (nSPS) is 12.5. The number of hydrogen-bond acceptors (Lipinski definition) is 4. The number of ether oxygens (including phenoxy) is 2. The van der Waals surface area contributed by atoms with E-state index < -0.39 is 5.92 Å². The van der Waals surface area contributed by atoms with Gasteiger partial charge >= 0.3 is 0 Å². The van der Waals surface area contributed by atoms with E-state index in [4.69, 9.17) is 9.47 Å². The average molecular weight is 385 g/mol. The Morgan fingerprint density at radius 3 is 2.12 bits per heavy atom. The van der Waals surface area contributed by atoms with Crippen molar-refractivity contribution in [1.82, 2.24) is 0 Å². The maximum atomic E-state index is 9.71. The monoisotopic (exact) mass is 384 g/mol. The zero-order valence-corrected chi connectivity index (χ0v) is 15.1. The fourth-order valence-corrected chi connectivity index (χ4v) is 2.94. The van der Waals surface area contributed by atoms with E-state index in [1.807, 2.05) is 36.4 Å². The van der Waals surface area contributed by atoms with Crippen molar-refractivity contribution in [3.05, 3.63) is 58.1 Å². The van der Waals surface area contributed by atoms with Crippen LogP contribution in [0.1, 0.15) is 29.4 Å². The van der Waals surface area contributed by atoms with E-state index in [0.29, 0.717) is 11.5 Å². The second-order valence-corrected chi connectivity index (χ2v) is 6.16. The van der Waals surface area contributed by atoms with Crippen molar-refractivity contribution >= 4 is 15.9 Å². The topological polar surface area (TPSA) is 66.0 Å². The van der Waals surface area contributed by atoms with Gasteiger partial charge in [-0.3, -0.25) is 0 Å². The van der Waals surface area contributed by atoms with Gasteiger partial charge in [-0.05, 0) is 35.4 Å². The first-order valence-corrected chi connectivity index (χ1v) is 8.17. The van der Waals surface area contributed by atoms with Crippen LogP contribution in [0.2, 0.25) is 0 Å². The van der Waals surface area contributed by atoms with Gasteiger partial charge < -0.3 is 9.47 Å². The van der Waals surface area contributed by atoms with Crippen LogP contribution < -0.4 is 9.47 Å². The molecule has 0 fully saturated rings. The summed E-state index contributed by atoms with van der Waals surface area (Å²) in [5, 5.41) is 18.9. The second kappa shape index (κ2) is 8.38. The first-order valence-electron chi connectivity index (χ1n) is 7.38. The zero-order valence-electron chi connectivity index (χ0n) is 13.5. The number of hydrogen-bond donors (Lipinski definition) is 0.